The summed E-state index contributed by atoms with van der Waals surface area (Å²) in [6.45, 7) is 1.74. The van der Waals surface area contributed by atoms with Gasteiger partial charge in [-0.2, -0.15) is 0 Å². The summed E-state index contributed by atoms with van der Waals surface area (Å²) < 4.78 is 45.5. The van der Waals surface area contributed by atoms with Crippen LogP contribution in [0.3, 0.4) is 0 Å². The molecule has 5 heteroatoms. The number of halogens is 3. The van der Waals surface area contributed by atoms with Gasteiger partial charge in [-0.05, 0) is 30.7 Å². The third-order valence-electron chi connectivity index (χ3n) is 2.86. The molecule has 0 heterocycles. The third kappa shape index (κ3) is 2.57. The molecule has 1 aromatic carbocycles. The molecule has 1 N–H and O–H groups in total. The van der Waals surface area contributed by atoms with Crippen molar-refractivity contribution in [2.24, 2.45) is 0 Å². The van der Waals surface area contributed by atoms with E-state index in [1.165, 1.54) is 18.2 Å². The molecule has 2 nitrogen and oxygen atoms in total. The Morgan fingerprint density at radius 1 is 1.37 bits per heavy atom. The first kappa shape index (κ1) is 13.8. The van der Waals surface area contributed by atoms with Crippen LogP contribution in [0, 0.1) is 11.6 Å². The molecule has 0 saturated heterocycles. The third-order valence-corrected chi connectivity index (χ3v) is 2.86. The lowest BCUT2D eigenvalue weighted by atomic mass is 9.95. The van der Waals surface area contributed by atoms with E-state index in [1.54, 1.807) is 6.92 Å². The topological polar surface area (TPSA) is 29.5 Å². The quantitative estimate of drug-likeness (QED) is 0.856. The van der Waals surface area contributed by atoms with Crippen molar-refractivity contribution in [2.75, 3.05) is 6.61 Å². The average molecular weight is 270 g/mol. The molecule has 0 fully saturated rings. The van der Waals surface area contributed by atoms with Crippen LogP contribution >= 0.6 is 0 Å². The van der Waals surface area contributed by atoms with Crippen molar-refractivity contribution in [2.45, 2.75) is 18.9 Å². The minimum Gasteiger partial charge on any atom is -0.360 e. The lowest BCUT2D eigenvalue weighted by Crippen LogP contribution is -2.41. The second-order valence-electron chi connectivity index (χ2n) is 4.14. The van der Waals surface area contributed by atoms with Crippen molar-refractivity contribution in [1.82, 2.24) is 0 Å². The van der Waals surface area contributed by atoms with Crippen molar-refractivity contribution < 1.29 is 23.0 Å². The Hall–Kier alpha value is -1.59. The van der Waals surface area contributed by atoms with Gasteiger partial charge < -0.3 is 9.84 Å². The maximum atomic E-state index is 13.9. The van der Waals surface area contributed by atoms with Gasteiger partial charge in [0, 0.05) is 12.2 Å². The Bertz CT molecular complexity index is 539. The summed E-state index contributed by atoms with van der Waals surface area (Å²) in [6.07, 6.45) is 1.56. The molecule has 19 heavy (non-hydrogen) atoms. The number of rotatable bonds is 3. The molecule has 0 radical (unpaired) electrons. The highest BCUT2D eigenvalue weighted by Gasteiger charge is 2.37. The summed E-state index contributed by atoms with van der Waals surface area (Å²) in [5, 5.41) is 9.83. The number of hydrogen-bond acceptors (Lipinski definition) is 2. The number of alkyl halides is 1. The summed E-state index contributed by atoms with van der Waals surface area (Å²) >= 11 is 0. The van der Waals surface area contributed by atoms with Gasteiger partial charge in [-0.1, -0.05) is 18.2 Å². The van der Waals surface area contributed by atoms with Gasteiger partial charge in [-0.25, -0.2) is 13.2 Å². The Morgan fingerprint density at radius 2 is 2.11 bits per heavy atom. The normalized spacial score (nSPS) is 26.4. The molecule has 0 amide bonds. The average Bonchev–Trinajstić information content (AvgIpc) is 2.37. The molecule has 1 aromatic rings. The zero-order chi connectivity index (χ0) is 14.0. The van der Waals surface area contributed by atoms with Crippen LogP contribution in [0.25, 0.3) is 5.57 Å². The molecule has 0 aliphatic heterocycles. The number of aliphatic hydroxyl groups is 1. The Labute approximate surface area is 108 Å². The highest BCUT2D eigenvalue weighted by atomic mass is 19.2. The summed E-state index contributed by atoms with van der Waals surface area (Å²) in [6, 6.07) is 3.65. The van der Waals surface area contributed by atoms with Gasteiger partial charge in [0.25, 0.3) is 0 Å². The van der Waals surface area contributed by atoms with Crippen LogP contribution in [0.1, 0.15) is 12.5 Å². The predicted molar refractivity (Wildman–Crippen MR) is 64.9 cm³/mol. The van der Waals surface area contributed by atoms with Gasteiger partial charge >= 0.3 is 0 Å². The van der Waals surface area contributed by atoms with Gasteiger partial charge in [0.1, 0.15) is 0 Å². The summed E-state index contributed by atoms with van der Waals surface area (Å²) in [5.41, 5.74) is 0.103. The van der Waals surface area contributed by atoms with Crippen molar-refractivity contribution in [3.05, 3.63) is 53.6 Å². The lowest BCUT2D eigenvalue weighted by molar-refractivity contribution is -0.192. The molecule has 0 bridgehead atoms. The standard InChI is InChI=1S/C14H13F3O2/c1-2-19-14(18)7-6-9(8-12(14)16)10-4-3-5-11(15)13(10)17/h3-8,12,18H,2H2,1H3. The molecular formula is C14H13F3O2. The summed E-state index contributed by atoms with van der Waals surface area (Å²) in [4.78, 5) is 0. The van der Waals surface area contributed by atoms with E-state index in [0.29, 0.717) is 0 Å². The van der Waals surface area contributed by atoms with Gasteiger partial charge in [0.05, 0.1) is 0 Å². The molecule has 0 spiro atoms. The van der Waals surface area contributed by atoms with Crippen LogP contribution in [-0.4, -0.2) is 23.7 Å². The zero-order valence-electron chi connectivity index (χ0n) is 10.2. The number of allylic oxidation sites excluding steroid dienone is 2. The van der Waals surface area contributed by atoms with E-state index in [1.807, 2.05) is 0 Å². The Morgan fingerprint density at radius 3 is 2.74 bits per heavy atom. The van der Waals surface area contributed by atoms with Crippen LogP contribution in [0.5, 0.6) is 0 Å². The number of benzene rings is 1. The highest BCUT2D eigenvalue weighted by molar-refractivity contribution is 5.76. The maximum Gasteiger partial charge on any atom is 0.221 e. The molecule has 2 unspecified atom stereocenters. The minimum atomic E-state index is -2.05. The summed E-state index contributed by atoms with van der Waals surface area (Å²) in [5.74, 6) is -4.11. The van der Waals surface area contributed by atoms with E-state index >= 15 is 0 Å². The van der Waals surface area contributed by atoms with Gasteiger partial charge in [-0.3, -0.25) is 0 Å². The van der Waals surface area contributed by atoms with Crippen LogP contribution in [0.2, 0.25) is 0 Å². The SMILES string of the molecule is CCOC1(O)C=CC(c2cccc(F)c2F)=CC1F. The van der Waals surface area contributed by atoms with Crippen LogP contribution in [0.4, 0.5) is 13.2 Å². The summed E-state index contributed by atoms with van der Waals surface area (Å²) in [7, 11) is 0. The van der Waals surface area contributed by atoms with Crippen LogP contribution in [0.15, 0.2) is 36.4 Å². The molecule has 1 aliphatic carbocycles. The van der Waals surface area contributed by atoms with Gasteiger partial charge in [0.2, 0.25) is 5.79 Å². The second kappa shape index (κ2) is 5.19. The monoisotopic (exact) mass is 270 g/mol. The maximum absolute atomic E-state index is 13.9. The largest absolute Gasteiger partial charge is 0.360 e. The highest BCUT2D eigenvalue weighted by Crippen LogP contribution is 2.31. The Balaban J connectivity index is 2.35. The van der Waals surface area contributed by atoms with Crippen molar-refractivity contribution >= 4 is 5.57 Å². The van der Waals surface area contributed by atoms with E-state index in [2.05, 4.69) is 0 Å². The Kier molecular flexibility index (Phi) is 3.78. The molecule has 1 aliphatic rings. The van der Waals surface area contributed by atoms with Crippen molar-refractivity contribution in [3.63, 3.8) is 0 Å². The molecule has 2 rings (SSSR count). The first-order chi connectivity index (χ1) is 8.98. The molecular weight excluding hydrogens is 257 g/mol. The van der Waals surface area contributed by atoms with E-state index in [0.717, 1.165) is 18.2 Å². The smallest absolute Gasteiger partial charge is 0.221 e. The van der Waals surface area contributed by atoms with Crippen LogP contribution in [-0.2, 0) is 4.74 Å². The van der Waals surface area contributed by atoms with Gasteiger partial charge in [0.15, 0.2) is 17.8 Å². The van der Waals surface area contributed by atoms with E-state index in [4.69, 9.17) is 4.74 Å². The van der Waals surface area contributed by atoms with E-state index in [9.17, 15) is 18.3 Å². The van der Waals surface area contributed by atoms with Crippen molar-refractivity contribution in [1.29, 1.82) is 0 Å². The number of hydrogen-bond donors (Lipinski definition) is 1. The van der Waals surface area contributed by atoms with Crippen LogP contribution < -0.4 is 0 Å². The van der Waals surface area contributed by atoms with Crippen molar-refractivity contribution in [3.8, 4) is 0 Å². The fourth-order valence-electron chi connectivity index (χ4n) is 1.90. The van der Waals surface area contributed by atoms with Gasteiger partial charge in [-0.15, -0.1) is 0 Å². The van der Waals surface area contributed by atoms with E-state index in [-0.39, 0.29) is 17.7 Å². The first-order valence-electron chi connectivity index (χ1n) is 5.84. The predicted octanol–water partition coefficient (Wildman–Crippen LogP) is 2.98. The second-order valence-corrected chi connectivity index (χ2v) is 4.14. The fraction of sp³-hybridized carbons (Fsp3) is 0.286. The zero-order valence-corrected chi connectivity index (χ0v) is 10.2. The van der Waals surface area contributed by atoms with E-state index < -0.39 is 23.6 Å². The molecule has 0 aromatic heterocycles. The molecule has 2 atom stereocenters. The minimum absolute atomic E-state index is 0.0579. The molecule has 102 valence electrons. The fourth-order valence-corrected chi connectivity index (χ4v) is 1.90. The first-order valence-corrected chi connectivity index (χ1v) is 5.84. The molecule has 0 saturated carbocycles. The number of ether oxygens (including phenoxy) is 1. The lowest BCUT2D eigenvalue weighted by Gasteiger charge is -2.29.